The van der Waals surface area contributed by atoms with Crippen molar-refractivity contribution in [1.29, 1.82) is 0 Å². The van der Waals surface area contributed by atoms with E-state index in [4.69, 9.17) is 4.74 Å². The number of hydrogen-bond acceptors (Lipinski definition) is 4. The number of alkyl halides is 3. The highest BCUT2D eigenvalue weighted by Gasteiger charge is 2.37. The third-order valence-electron chi connectivity index (χ3n) is 2.88. The molecule has 0 atom stereocenters. The van der Waals surface area contributed by atoms with Crippen LogP contribution in [-0.4, -0.2) is 24.7 Å². The molecule has 0 aromatic carbocycles. The lowest BCUT2D eigenvalue weighted by Gasteiger charge is -2.06. The SMILES string of the molecule is COCCCc1nc(C(F)(F)F)c(CNC2CC2)s1. The second kappa shape index (κ2) is 6.19. The standard InChI is InChI=1S/C12H17F3N2OS/c1-18-6-2-3-10-17-11(12(13,14)15)9(19-10)7-16-8-4-5-8/h8,16H,2-7H2,1H3. The number of aryl methyl sites for hydroxylation is 1. The number of thiazole rings is 1. The number of hydrogen-bond donors (Lipinski definition) is 1. The highest BCUT2D eigenvalue weighted by molar-refractivity contribution is 7.11. The fourth-order valence-corrected chi connectivity index (χ4v) is 2.82. The Balaban J connectivity index is 2.03. The molecule has 0 amide bonds. The first-order valence-electron chi connectivity index (χ1n) is 6.29. The molecule has 0 saturated heterocycles. The molecule has 0 bridgehead atoms. The monoisotopic (exact) mass is 294 g/mol. The summed E-state index contributed by atoms with van der Waals surface area (Å²) >= 11 is 1.16. The van der Waals surface area contributed by atoms with Crippen molar-refractivity contribution in [3.8, 4) is 0 Å². The quantitative estimate of drug-likeness (QED) is 0.785. The predicted molar refractivity (Wildman–Crippen MR) is 67.2 cm³/mol. The van der Waals surface area contributed by atoms with E-state index in [1.807, 2.05) is 0 Å². The molecule has 1 N–H and O–H groups in total. The zero-order valence-electron chi connectivity index (χ0n) is 10.7. The maximum Gasteiger partial charge on any atom is 0.434 e. The van der Waals surface area contributed by atoms with Gasteiger partial charge in [0.05, 0.1) is 9.88 Å². The summed E-state index contributed by atoms with van der Waals surface area (Å²) in [5, 5.41) is 3.65. The van der Waals surface area contributed by atoms with E-state index >= 15 is 0 Å². The minimum atomic E-state index is -4.36. The van der Waals surface area contributed by atoms with Crippen molar-refractivity contribution in [1.82, 2.24) is 10.3 Å². The molecule has 2 rings (SSSR count). The van der Waals surface area contributed by atoms with Gasteiger partial charge in [0.15, 0.2) is 5.69 Å². The largest absolute Gasteiger partial charge is 0.434 e. The fraction of sp³-hybridized carbons (Fsp3) is 0.750. The van der Waals surface area contributed by atoms with Crippen molar-refractivity contribution in [2.45, 2.75) is 44.4 Å². The molecule has 7 heteroatoms. The Morgan fingerprint density at radius 2 is 2.16 bits per heavy atom. The second-order valence-electron chi connectivity index (χ2n) is 4.63. The molecule has 0 spiro atoms. The Kier molecular flexibility index (Phi) is 4.81. The minimum absolute atomic E-state index is 0.265. The molecule has 1 aliphatic carbocycles. The molecule has 0 aliphatic heterocycles. The summed E-state index contributed by atoms with van der Waals surface area (Å²) in [6, 6.07) is 0.389. The zero-order valence-corrected chi connectivity index (χ0v) is 11.5. The van der Waals surface area contributed by atoms with Crippen LogP contribution < -0.4 is 5.32 Å². The van der Waals surface area contributed by atoms with E-state index < -0.39 is 11.9 Å². The summed E-state index contributed by atoms with van der Waals surface area (Å²) in [6.07, 6.45) is -1.03. The molecule has 19 heavy (non-hydrogen) atoms. The first-order valence-corrected chi connectivity index (χ1v) is 7.10. The van der Waals surface area contributed by atoms with Crippen LogP contribution in [0.1, 0.15) is 34.8 Å². The number of nitrogens with zero attached hydrogens (tertiary/aromatic N) is 1. The van der Waals surface area contributed by atoms with Crippen molar-refractivity contribution in [2.24, 2.45) is 0 Å². The smallest absolute Gasteiger partial charge is 0.385 e. The Morgan fingerprint density at radius 1 is 1.42 bits per heavy atom. The van der Waals surface area contributed by atoms with Crippen LogP contribution >= 0.6 is 11.3 Å². The van der Waals surface area contributed by atoms with Gasteiger partial charge in [-0.2, -0.15) is 13.2 Å². The van der Waals surface area contributed by atoms with E-state index in [0.717, 1.165) is 24.2 Å². The predicted octanol–water partition coefficient (Wildman–Crippen LogP) is 2.99. The van der Waals surface area contributed by atoms with Gasteiger partial charge in [0.2, 0.25) is 0 Å². The summed E-state index contributed by atoms with van der Waals surface area (Å²) in [7, 11) is 1.58. The molecule has 1 aromatic rings. The number of halogens is 3. The van der Waals surface area contributed by atoms with Gasteiger partial charge in [-0.1, -0.05) is 0 Å². The number of nitrogens with one attached hydrogen (secondary N) is 1. The van der Waals surface area contributed by atoms with E-state index in [1.54, 1.807) is 7.11 Å². The van der Waals surface area contributed by atoms with Crippen molar-refractivity contribution in [2.75, 3.05) is 13.7 Å². The minimum Gasteiger partial charge on any atom is -0.385 e. The topological polar surface area (TPSA) is 34.1 Å². The van der Waals surface area contributed by atoms with E-state index in [1.165, 1.54) is 0 Å². The number of rotatable bonds is 7. The molecule has 1 aromatic heterocycles. The van der Waals surface area contributed by atoms with Crippen molar-refractivity contribution in [3.63, 3.8) is 0 Å². The Labute approximate surface area is 114 Å². The van der Waals surface area contributed by atoms with Crippen molar-refractivity contribution < 1.29 is 17.9 Å². The van der Waals surface area contributed by atoms with Gasteiger partial charge in [-0.25, -0.2) is 4.98 Å². The van der Waals surface area contributed by atoms with Crippen LogP contribution in [0.4, 0.5) is 13.2 Å². The lowest BCUT2D eigenvalue weighted by molar-refractivity contribution is -0.141. The van der Waals surface area contributed by atoms with Gasteiger partial charge in [-0.15, -0.1) is 11.3 Å². The highest BCUT2D eigenvalue weighted by atomic mass is 32.1. The summed E-state index contributed by atoms with van der Waals surface area (Å²) in [6.45, 7) is 0.804. The number of aromatic nitrogens is 1. The Hall–Kier alpha value is -0.660. The molecule has 1 aliphatic rings. The van der Waals surface area contributed by atoms with Gasteiger partial charge in [0, 0.05) is 32.7 Å². The number of methoxy groups -OCH3 is 1. The van der Waals surface area contributed by atoms with Crippen LogP contribution in [0.5, 0.6) is 0 Å². The average molecular weight is 294 g/mol. The van der Waals surface area contributed by atoms with E-state index in [-0.39, 0.29) is 6.54 Å². The van der Waals surface area contributed by atoms with Gasteiger partial charge in [-0.3, -0.25) is 0 Å². The van der Waals surface area contributed by atoms with Gasteiger partial charge in [0.25, 0.3) is 0 Å². The highest BCUT2D eigenvalue weighted by Crippen LogP contribution is 2.35. The third-order valence-corrected chi connectivity index (χ3v) is 3.99. The Bertz CT molecular complexity index is 416. The van der Waals surface area contributed by atoms with E-state index in [9.17, 15) is 13.2 Å². The van der Waals surface area contributed by atoms with Crippen LogP contribution in [0.15, 0.2) is 0 Å². The van der Waals surface area contributed by atoms with Gasteiger partial charge in [0.1, 0.15) is 0 Å². The first-order chi connectivity index (χ1) is 9.00. The lowest BCUT2D eigenvalue weighted by atomic mass is 10.3. The fourth-order valence-electron chi connectivity index (χ4n) is 1.74. The average Bonchev–Trinajstić information content (AvgIpc) is 3.06. The van der Waals surface area contributed by atoms with Crippen LogP contribution in [0.3, 0.4) is 0 Å². The summed E-state index contributed by atoms with van der Waals surface area (Å²) in [4.78, 5) is 4.05. The van der Waals surface area contributed by atoms with Crippen LogP contribution in [0, 0.1) is 0 Å². The van der Waals surface area contributed by atoms with E-state index in [0.29, 0.717) is 35.4 Å². The normalized spacial score (nSPS) is 16.0. The van der Waals surface area contributed by atoms with Crippen LogP contribution in [0.2, 0.25) is 0 Å². The molecule has 0 radical (unpaired) electrons. The summed E-state index contributed by atoms with van der Waals surface area (Å²) in [5.41, 5.74) is -0.724. The van der Waals surface area contributed by atoms with Gasteiger partial charge < -0.3 is 10.1 Å². The first kappa shape index (κ1) is 14.7. The maximum atomic E-state index is 12.9. The maximum absolute atomic E-state index is 12.9. The summed E-state index contributed by atoms with van der Waals surface area (Å²) in [5.74, 6) is 0. The van der Waals surface area contributed by atoms with Gasteiger partial charge >= 0.3 is 6.18 Å². The molecule has 0 unspecified atom stereocenters. The van der Waals surface area contributed by atoms with Gasteiger partial charge in [-0.05, 0) is 19.3 Å². The third kappa shape index (κ3) is 4.43. The van der Waals surface area contributed by atoms with Crippen molar-refractivity contribution >= 4 is 11.3 Å². The molecule has 1 heterocycles. The van der Waals surface area contributed by atoms with Crippen molar-refractivity contribution in [3.05, 3.63) is 15.6 Å². The molecular weight excluding hydrogens is 277 g/mol. The van der Waals surface area contributed by atoms with Crippen LogP contribution in [-0.2, 0) is 23.9 Å². The molecular formula is C12H17F3N2OS. The second-order valence-corrected chi connectivity index (χ2v) is 5.80. The van der Waals surface area contributed by atoms with E-state index in [2.05, 4.69) is 10.3 Å². The zero-order chi connectivity index (χ0) is 13.9. The molecule has 3 nitrogen and oxygen atoms in total. The molecule has 108 valence electrons. The number of ether oxygens (including phenoxy) is 1. The molecule has 1 saturated carbocycles. The summed E-state index contributed by atoms with van der Waals surface area (Å²) < 4.78 is 43.5. The van der Waals surface area contributed by atoms with Crippen LogP contribution in [0.25, 0.3) is 0 Å². The lowest BCUT2D eigenvalue weighted by Crippen LogP contribution is -2.18. The Morgan fingerprint density at radius 3 is 2.74 bits per heavy atom. The molecule has 1 fully saturated rings.